The Bertz CT molecular complexity index is 351. The van der Waals surface area contributed by atoms with Crippen molar-refractivity contribution in [3.8, 4) is 5.75 Å². The lowest BCUT2D eigenvalue weighted by molar-refractivity contribution is -0.275. The minimum Gasteiger partial charge on any atom is -0.403 e. The molecule has 0 saturated carbocycles. The molecular weight excluding hydrogens is 248 g/mol. The summed E-state index contributed by atoms with van der Waals surface area (Å²) in [6.07, 6.45) is -3.79. The van der Waals surface area contributed by atoms with Crippen molar-refractivity contribution in [3.05, 3.63) is 29.6 Å². The maximum absolute atomic E-state index is 13.0. The first-order valence-electron chi connectivity index (χ1n) is 4.52. The van der Waals surface area contributed by atoms with Crippen LogP contribution in [0.3, 0.4) is 0 Å². The third kappa shape index (κ3) is 4.26. The van der Waals surface area contributed by atoms with Crippen LogP contribution in [-0.4, -0.2) is 12.2 Å². The van der Waals surface area contributed by atoms with Gasteiger partial charge in [0.1, 0.15) is 0 Å². The van der Waals surface area contributed by atoms with Crippen LogP contribution >= 0.6 is 11.6 Å². The molecule has 0 aliphatic heterocycles. The molecule has 6 heteroatoms. The second-order valence-corrected chi connectivity index (χ2v) is 3.48. The fraction of sp³-hybridized carbons (Fsp3) is 0.400. The molecule has 1 aromatic rings. The second-order valence-electron chi connectivity index (χ2n) is 3.11. The van der Waals surface area contributed by atoms with Gasteiger partial charge in [0.15, 0.2) is 11.6 Å². The molecule has 0 aliphatic rings. The Hall–Kier alpha value is -0.970. The van der Waals surface area contributed by atoms with Gasteiger partial charge in [0.2, 0.25) is 0 Å². The lowest BCUT2D eigenvalue weighted by atomic mass is 10.1. The molecule has 1 rings (SSSR count). The average Bonchev–Trinajstić information content (AvgIpc) is 2.17. The highest BCUT2D eigenvalue weighted by molar-refractivity contribution is 6.17. The smallest absolute Gasteiger partial charge is 0.403 e. The molecule has 0 N–H and O–H groups in total. The Morgan fingerprint density at radius 1 is 1.25 bits per heavy atom. The maximum atomic E-state index is 13.0. The van der Waals surface area contributed by atoms with E-state index in [4.69, 9.17) is 11.6 Å². The van der Waals surface area contributed by atoms with E-state index in [0.717, 1.165) is 12.1 Å². The normalized spacial score (nSPS) is 11.6. The Morgan fingerprint density at radius 2 is 1.94 bits per heavy atom. The van der Waals surface area contributed by atoms with Gasteiger partial charge in [-0.1, -0.05) is 6.07 Å². The van der Waals surface area contributed by atoms with Crippen molar-refractivity contribution in [2.45, 2.75) is 19.2 Å². The van der Waals surface area contributed by atoms with E-state index in [0.29, 0.717) is 24.3 Å². The zero-order chi connectivity index (χ0) is 12.2. The van der Waals surface area contributed by atoms with Crippen LogP contribution in [0.15, 0.2) is 18.2 Å². The molecule has 0 fully saturated rings. The minimum absolute atomic E-state index is 0.396. The molecular formula is C10H9ClF4O. The molecule has 0 bridgehead atoms. The highest BCUT2D eigenvalue weighted by Gasteiger charge is 2.32. The molecule has 16 heavy (non-hydrogen) atoms. The molecule has 0 spiro atoms. The molecule has 0 amide bonds. The Balaban J connectivity index is 2.82. The number of hydrogen-bond acceptors (Lipinski definition) is 1. The molecule has 0 aromatic heterocycles. The molecule has 0 atom stereocenters. The van der Waals surface area contributed by atoms with E-state index in [1.165, 1.54) is 6.07 Å². The van der Waals surface area contributed by atoms with Gasteiger partial charge in [0.25, 0.3) is 0 Å². The monoisotopic (exact) mass is 256 g/mol. The van der Waals surface area contributed by atoms with Crippen molar-refractivity contribution in [1.29, 1.82) is 0 Å². The summed E-state index contributed by atoms with van der Waals surface area (Å²) >= 11 is 5.44. The van der Waals surface area contributed by atoms with Gasteiger partial charge in [-0.15, -0.1) is 24.8 Å². The third-order valence-corrected chi connectivity index (χ3v) is 2.09. The van der Waals surface area contributed by atoms with E-state index < -0.39 is 17.9 Å². The van der Waals surface area contributed by atoms with Gasteiger partial charge in [-0.25, -0.2) is 4.39 Å². The Kier molecular flexibility index (Phi) is 4.41. The summed E-state index contributed by atoms with van der Waals surface area (Å²) in [5.41, 5.74) is 0.557. The van der Waals surface area contributed by atoms with Gasteiger partial charge in [-0.05, 0) is 30.5 Å². The number of alkyl halides is 4. The van der Waals surface area contributed by atoms with Gasteiger partial charge >= 0.3 is 6.36 Å². The number of ether oxygens (including phenoxy) is 1. The molecule has 0 unspecified atom stereocenters. The predicted octanol–water partition coefficient (Wildman–Crippen LogP) is 3.90. The summed E-state index contributed by atoms with van der Waals surface area (Å²) in [5.74, 6) is -1.45. The van der Waals surface area contributed by atoms with Crippen LogP contribution < -0.4 is 4.74 Å². The molecule has 1 aromatic carbocycles. The van der Waals surface area contributed by atoms with Crippen LogP contribution in [0.5, 0.6) is 5.75 Å². The maximum Gasteiger partial charge on any atom is 0.573 e. The highest BCUT2D eigenvalue weighted by Crippen LogP contribution is 2.26. The van der Waals surface area contributed by atoms with Crippen molar-refractivity contribution in [2.24, 2.45) is 0 Å². The van der Waals surface area contributed by atoms with E-state index in [1.54, 1.807) is 0 Å². The van der Waals surface area contributed by atoms with E-state index in [2.05, 4.69) is 4.74 Å². The fourth-order valence-electron chi connectivity index (χ4n) is 1.18. The van der Waals surface area contributed by atoms with Gasteiger partial charge in [0, 0.05) is 5.88 Å². The number of halogens is 5. The third-order valence-electron chi connectivity index (χ3n) is 1.82. The fourth-order valence-corrected chi connectivity index (χ4v) is 1.31. The molecule has 1 nitrogen and oxygen atoms in total. The number of benzene rings is 1. The first-order chi connectivity index (χ1) is 7.42. The largest absolute Gasteiger partial charge is 0.573 e. The van der Waals surface area contributed by atoms with Crippen molar-refractivity contribution >= 4 is 11.6 Å². The quantitative estimate of drug-likeness (QED) is 0.586. The standard InChI is InChI=1S/C10H9ClF4O/c11-5-1-2-7-3-4-8(12)9(6-7)16-10(13,14)15/h3-4,6H,1-2,5H2. The zero-order valence-corrected chi connectivity index (χ0v) is 8.91. The topological polar surface area (TPSA) is 9.23 Å². The Labute approximate surface area is 95.0 Å². The van der Waals surface area contributed by atoms with Crippen LogP contribution in [0, 0.1) is 5.82 Å². The van der Waals surface area contributed by atoms with E-state index in [1.807, 2.05) is 0 Å². The average molecular weight is 257 g/mol. The lowest BCUT2D eigenvalue weighted by Crippen LogP contribution is -2.18. The molecule has 0 heterocycles. The molecule has 0 saturated heterocycles. The first kappa shape index (κ1) is 13.1. The van der Waals surface area contributed by atoms with Crippen LogP contribution in [0.4, 0.5) is 17.6 Å². The second kappa shape index (κ2) is 5.39. The lowest BCUT2D eigenvalue weighted by Gasteiger charge is -2.10. The van der Waals surface area contributed by atoms with E-state index in [9.17, 15) is 17.6 Å². The molecule has 0 radical (unpaired) electrons. The van der Waals surface area contributed by atoms with Gasteiger partial charge in [-0.3, -0.25) is 0 Å². The summed E-state index contributed by atoms with van der Waals surface area (Å²) in [4.78, 5) is 0. The van der Waals surface area contributed by atoms with Crippen molar-refractivity contribution in [3.63, 3.8) is 0 Å². The minimum atomic E-state index is -4.88. The summed E-state index contributed by atoms with van der Waals surface area (Å²) in [6, 6.07) is 3.39. The predicted molar refractivity (Wildman–Crippen MR) is 52.1 cm³/mol. The van der Waals surface area contributed by atoms with Crippen molar-refractivity contribution in [2.75, 3.05) is 5.88 Å². The summed E-state index contributed by atoms with van der Waals surface area (Å²) < 4.78 is 52.2. The SMILES string of the molecule is Fc1ccc(CCCCl)cc1OC(F)(F)F. The van der Waals surface area contributed by atoms with Gasteiger partial charge in [0.05, 0.1) is 0 Å². The van der Waals surface area contributed by atoms with Crippen LogP contribution in [0.25, 0.3) is 0 Å². The first-order valence-corrected chi connectivity index (χ1v) is 5.06. The summed E-state index contributed by atoms with van der Waals surface area (Å²) in [7, 11) is 0. The van der Waals surface area contributed by atoms with Gasteiger partial charge < -0.3 is 4.74 Å². The van der Waals surface area contributed by atoms with E-state index >= 15 is 0 Å². The number of aryl methyl sites for hydroxylation is 1. The van der Waals surface area contributed by atoms with Gasteiger partial charge in [-0.2, -0.15) is 0 Å². The molecule has 0 aliphatic carbocycles. The van der Waals surface area contributed by atoms with E-state index in [-0.39, 0.29) is 0 Å². The highest BCUT2D eigenvalue weighted by atomic mass is 35.5. The Morgan fingerprint density at radius 3 is 2.50 bits per heavy atom. The summed E-state index contributed by atoms with van der Waals surface area (Å²) in [5, 5.41) is 0. The summed E-state index contributed by atoms with van der Waals surface area (Å²) in [6.45, 7) is 0. The van der Waals surface area contributed by atoms with Crippen LogP contribution in [0.2, 0.25) is 0 Å². The van der Waals surface area contributed by atoms with Crippen LogP contribution in [0.1, 0.15) is 12.0 Å². The number of hydrogen-bond donors (Lipinski definition) is 0. The zero-order valence-electron chi connectivity index (χ0n) is 8.15. The van der Waals surface area contributed by atoms with Crippen molar-refractivity contribution in [1.82, 2.24) is 0 Å². The van der Waals surface area contributed by atoms with Crippen LogP contribution in [-0.2, 0) is 6.42 Å². The van der Waals surface area contributed by atoms with Crippen molar-refractivity contribution < 1.29 is 22.3 Å². The number of rotatable bonds is 4. The molecule has 90 valence electrons.